The van der Waals surface area contributed by atoms with Crippen LogP contribution >= 0.6 is 34.8 Å². The quantitative estimate of drug-likeness (QED) is 0.430. The van der Waals surface area contributed by atoms with E-state index in [9.17, 15) is 18.0 Å². The van der Waals surface area contributed by atoms with Crippen molar-refractivity contribution in [3.63, 3.8) is 0 Å². The molecule has 0 saturated heterocycles. The number of carbonyl (C=O) groups is 1. The van der Waals surface area contributed by atoms with Crippen LogP contribution in [0.5, 0.6) is 5.75 Å². The molecule has 3 rings (SSSR count). The Labute approximate surface area is 177 Å². The van der Waals surface area contributed by atoms with Crippen molar-refractivity contribution in [2.45, 2.75) is 12.9 Å². The van der Waals surface area contributed by atoms with Crippen molar-refractivity contribution >= 4 is 57.8 Å². The Morgan fingerprint density at radius 2 is 1.83 bits per heavy atom. The number of nitrogens with zero attached hydrogens (tertiary/aromatic N) is 1. The first-order valence-corrected chi connectivity index (χ1v) is 9.11. The Kier molecular flexibility index (Phi) is 6.03. The molecule has 0 spiro atoms. The van der Waals surface area contributed by atoms with Gasteiger partial charge in [-0.05, 0) is 35.9 Å². The van der Waals surface area contributed by atoms with Crippen molar-refractivity contribution in [3.8, 4) is 5.75 Å². The van der Waals surface area contributed by atoms with E-state index in [1.165, 1.54) is 24.3 Å². The van der Waals surface area contributed by atoms with Gasteiger partial charge in [0.15, 0.2) is 0 Å². The first-order valence-electron chi connectivity index (χ1n) is 7.97. The Morgan fingerprint density at radius 1 is 1.14 bits per heavy atom. The van der Waals surface area contributed by atoms with Gasteiger partial charge in [-0.25, -0.2) is 4.79 Å². The molecule has 0 aliphatic rings. The first-order chi connectivity index (χ1) is 13.5. The van der Waals surface area contributed by atoms with Crippen molar-refractivity contribution in [1.29, 1.82) is 0 Å². The third-order valence-electron chi connectivity index (χ3n) is 3.94. The second-order valence-corrected chi connectivity index (χ2v) is 7.11. The summed E-state index contributed by atoms with van der Waals surface area (Å²) in [5.74, 6) is -1.53. The molecule has 10 heteroatoms. The third-order valence-corrected chi connectivity index (χ3v) is 5.07. The molecular weight excluding hydrogens is 454 g/mol. The van der Waals surface area contributed by atoms with Crippen LogP contribution in [0.3, 0.4) is 0 Å². The van der Waals surface area contributed by atoms with E-state index in [4.69, 9.17) is 39.9 Å². The fraction of sp³-hybridized carbons (Fsp3) is 0.105. The zero-order chi connectivity index (χ0) is 21.3. The van der Waals surface area contributed by atoms with Gasteiger partial charge in [0.2, 0.25) is 0 Å². The summed E-state index contributed by atoms with van der Waals surface area (Å²) in [7, 11) is 0. The number of aliphatic carboxylic acids is 1. The minimum Gasteiger partial charge on any atom is -0.478 e. The number of aromatic nitrogens is 1. The fourth-order valence-electron chi connectivity index (χ4n) is 2.83. The van der Waals surface area contributed by atoms with E-state index in [2.05, 4.69) is 4.74 Å². The molecule has 2 aromatic carbocycles. The third kappa shape index (κ3) is 4.98. The molecule has 0 aliphatic heterocycles. The van der Waals surface area contributed by atoms with Crippen LogP contribution in [0, 0.1) is 0 Å². The van der Waals surface area contributed by atoms with Gasteiger partial charge in [0.1, 0.15) is 10.9 Å². The number of benzene rings is 2. The van der Waals surface area contributed by atoms with E-state index in [-0.39, 0.29) is 27.5 Å². The molecule has 4 nitrogen and oxygen atoms in total. The van der Waals surface area contributed by atoms with Crippen LogP contribution in [-0.2, 0) is 11.3 Å². The van der Waals surface area contributed by atoms with Crippen LogP contribution in [0.2, 0.25) is 15.2 Å². The number of hydrogen-bond donors (Lipinski definition) is 1. The minimum atomic E-state index is -4.81. The normalized spacial score (nSPS) is 12.1. The fourth-order valence-corrected chi connectivity index (χ4v) is 3.47. The second kappa shape index (κ2) is 8.18. The Balaban J connectivity index is 2.10. The number of carboxylic acid groups (broad SMARTS) is 1. The summed E-state index contributed by atoms with van der Waals surface area (Å²) in [6, 6.07) is 8.55. The molecule has 3 aromatic rings. The van der Waals surface area contributed by atoms with E-state index < -0.39 is 12.3 Å². The molecule has 0 fully saturated rings. The lowest BCUT2D eigenvalue weighted by Gasteiger charge is -2.12. The lowest BCUT2D eigenvalue weighted by atomic mass is 10.1. The lowest BCUT2D eigenvalue weighted by Crippen LogP contribution is -2.17. The molecule has 0 bridgehead atoms. The molecule has 0 aliphatic carbocycles. The van der Waals surface area contributed by atoms with Gasteiger partial charge in [-0.2, -0.15) is 0 Å². The summed E-state index contributed by atoms with van der Waals surface area (Å²) in [4.78, 5) is 10.9. The highest BCUT2D eigenvalue weighted by atomic mass is 35.5. The number of fused-ring (bicyclic) bond motifs is 1. The number of ether oxygens (including phenoxy) is 1. The van der Waals surface area contributed by atoms with Crippen molar-refractivity contribution in [2.75, 3.05) is 0 Å². The Morgan fingerprint density at radius 3 is 2.48 bits per heavy atom. The highest BCUT2D eigenvalue weighted by molar-refractivity contribution is 6.43. The molecule has 0 amide bonds. The lowest BCUT2D eigenvalue weighted by molar-refractivity contribution is -0.274. The average molecular weight is 465 g/mol. The minimum absolute atomic E-state index is 0.0866. The molecular formula is C19H11Cl3F3NO3. The maximum Gasteiger partial charge on any atom is 0.573 e. The van der Waals surface area contributed by atoms with Gasteiger partial charge in [-0.15, -0.1) is 13.2 Å². The number of hydrogen-bond acceptors (Lipinski definition) is 2. The van der Waals surface area contributed by atoms with Gasteiger partial charge in [0.25, 0.3) is 0 Å². The number of alkyl halides is 3. The van der Waals surface area contributed by atoms with Crippen LogP contribution < -0.4 is 4.74 Å². The van der Waals surface area contributed by atoms with Gasteiger partial charge in [0, 0.05) is 23.6 Å². The van der Waals surface area contributed by atoms with E-state index in [1.807, 2.05) is 0 Å². The largest absolute Gasteiger partial charge is 0.573 e. The van der Waals surface area contributed by atoms with Crippen LogP contribution in [0.25, 0.3) is 17.0 Å². The van der Waals surface area contributed by atoms with Gasteiger partial charge < -0.3 is 14.4 Å². The highest BCUT2D eigenvalue weighted by Gasteiger charge is 2.31. The average Bonchev–Trinajstić information content (AvgIpc) is 2.84. The highest BCUT2D eigenvalue weighted by Crippen LogP contribution is 2.37. The summed E-state index contributed by atoms with van der Waals surface area (Å²) in [6.45, 7) is 0.0866. The number of halogens is 6. The van der Waals surface area contributed by atoms with E-state index in [0.29, 0.717) is 22.0 Å². The number of rotatable bonds is 5. The predicted octanol–water partition coefficient (Wildman–Crippen LogP) is 6.65. The Bertz CT molecular complexity index is 1120. The van der Waals surface area contributed by atoms with Crippen LogP contribution in [0.4, 0.5) is 13.2 Å². The predicted molar refractivity (Wildman–Crippen MR) is 106 cm³/mol. The van der Waals surface area contributed by atoms with Gasteiger partial charge >= 0.3 is 12.3 Å². The van der Waals surface area contributed by atoms with Crippen molar-refractivity contribution in [3.05, 3.63) is 68.8 Å². The van der Waals surface area contributed by atoms with E-state index in [1.54, 1.807) is 22.8 Å². The molecule has 0 atom stereocenters. The zero-order valence-corrected chi connectivity index (χ0v) is 16.6. The maximum absolute atomic E-state index is 12.5. The SMILES string of the molecule is O=C(O)C=Cc1c(Cl)n(Cc2cccc(OC(F)(F)F)c2)c2cc(Cl)c(Cl)cc12. The van der Waals surface area contributed by atoms with Crippen LogP contribution in [-0.4, -0.2) is 22.0 Å². The summed E-state index contributed by atoms with van der Waals surface area (Å²) in [6.07, 6.45) is -2.57. The van der Waals surface area contributed by atoms with Gasteiger partial charge in [-0.3, -0.25) is 0 Å². The van der Waals surface area contributed by atoms with E-state index >= 15 is 0 Å². The molecule has 0 unspecified atom stereocenters. The Hall–Kier alpha value is -2.35. The summed E-state index contributed by atoms with van der Waals surface area (Å²) in [5.41, 5.74) is 1.41. The van der Waals surface area contributed by atoms with Crippen LogP contribution in [0.15, 0.2) is 42.5 Å². The summed E-state index contributed by atoms with van der Waals surface area (Å²) in [5, 5.41) is 10.1. The van der Waals surface area contributed by atoms with Gasteiger partial charge in [-0.1, -0.05) is 46.9 Å². The molecule has 1 N–H and O–H groups in total. The smallest absolute Gasteiger partial charge is 0.478 e. The maximum atomic E-state index is 12.5. The van der Waals surface area contributed by atoms with Crippen LogP contribution in [0.1, 0.15) is 11.1 Å². The van der Waals surface area contributed by atoms with Gasteiger partial charge in [0.05, 0.1) is 15.6 Å². The zero-order valence-electron chi connectivity index (χ0n) is 14.3. The summed E-state index contributed by atoms with van der Waals surface area (Å²) < 4.78 is 43.0. The second-order valence-electron chi connectivity index (χ2n) is 5.94. The summed E-state index contributed by atoms with van der Waals surface area (Å²) >= 11 is 18.6. The van der Waals surface area contributed by atoms with Crippen molar-refractivity contribution in [2.24, 2.45) is 0 Å². The molecule has 152 valence electrons. The molecule has 0 saturated carbocycles. The topological polar surface area (TPSA) is 51.5 Å². The molecule has 29 heavy (non-hydrogen) atoms. The van der Waals surface area contributed by atoms with Crippen molar-refractivity contribution < 1.29 is 27.8 Å². The van der Waals surface area contributed by atoms with Crippen molar-refractivity contribution in [1.82, 2.24) is 4.57 Å². The standard InChI is InChI=1S/C19H11Cl3F3NO3/c20-14-7-13-12(4-5-17(27)28)18(22)26(16(13)8-15(14)21)9-10-2-1-3-11(6-10)29-19(23,24)25/h1-8H,9H2,(H,27,28). The van der Waals surface area contributed by atoms with E-state index in [0.717, 1.165) is 6.08 Å². The first kappa shape index (κ1) is 21.4. The number of carboxylic acids is 1. The molecule has 1 heterocycles. The molecule has 0 radical (unpaired) electrons. The molecule has 1 aromatic heterocycles. The monoisotopic (exact) mass is 463 g/mol.